The number of aryl methyl sites for hydroxylation is 2. The summed E-state index contributed by atoms with van der Waals surface area (Å²) in [6.45, 7) is 13.0. The molecule has 0 aliphatic heterocycles. The first-order chi connectivity index (χ1) is 17.5. The summed E-state index contributed by atoms with van der Waals surface area (Å²) in [7, 11) is -13.4. The maximum atomic E-state index is 11.4. The monoisotopic (exact) mass is 659 g/mol. The highest BCUT2D eigenvalue weighted by Gasteiger charge is 2.46. The number of aromatic amines is 1. The van der Waals surface area contributed by atoms with Crippen LogP contribution in [0.1, 0.15) is 19.3 Å². The zero-order chi connectivity index (χ0) is 29.9. The van der Waals surface area contributed by atoms with Gasteiger partial charge in [-0.15, -0.1) is 19.7 Å². The van der Waals surface area contributed by atoms with Crippen LogP contribution in [-0.4, -0.2) is 47.7 Å². The van der Waals surface area contributed by atoms with E-state index in [9.17, 15) is 43.2 Å². The maximum absolute atomic E-state index is 11.4. The number of hydrogen-bond donors (Lipinski definition) is 1. The molecule has 2 heterocycles. The Morgan fingerprint density at radius 2 is 1.47 bits per heavy atom. The van der Waals surface area contributed by atoms with Gasteiger partial charge in [0.05, 0.1) is 19.4 Å². The summed E-state index contributed by atoms with van der Waals surface area (Å²) in [5.74, 6) is 0. The first kappa shape index (κ1) is 37.7. The van der Waals surface area contributed by atoms with E-state index in [1.165, 1.54) is 0 Å². The Morgan fingerprint density at radius 3 is 1.79 bits per heavy atom. The van der Waals surface area contributed by atoms with E-state index in [-0.39, 0.29) is 0 Å². The van der Waals surface area contributed by atoms with Crippen molar-refractivity contribution in [3.63, 3.8) is 0 Å². The Labute approximate surface area is 226 Å². The summed E-state index contributed by atoms with van der Waals surface area (Å²) < 4.78 is 114. The lowest BCUT2D eigenvalue weighted by Crippen LogP contribution is -2.30. The molecule has 2 aromatic rings. The van der Waals surface area contributed by atoms with Crippen molar-refractivity contribution in [1.29, 1.82) is 0 Å². The molecule has 0 atom stereocenters. The van der Waals surface area contributed by atoms with Gasteiger partial charge in [-0.2, -0.15) is 26.3 Å². The molecule has 2 rings (SSSR count). The van der Waals surface area contributed by atoms with Crippen LogP contribution in [0, 0.1) is 0 Å². The number of hydrogen-bond acceptors (Lipinski definition) is 5. The van der Waals surface area contributed by atoms with Crippen LogP contribution in [0.4, 0.5) is 26.3 Å². The molecule has 0 fully saturated rings. The van der Waals surface area contributed by atoms with Crippen LogP contribution in [0.2, 0.25) is 0 Å². The van der Waals surface area contributed by atoms with Crippen LogP contribution in [0.5, 0.6) is 0 Å². The first-order valence-electron chi connectivity index (χ1n) is 10.2. The molecule has 18 heteroatoms. The van der Waals surface area contributed by atoms with Crippen LogP contribution in [0.15, 0.2) is 75.4 Å². The molecule has 0 spiro atoms. The number of rotatable bonds is 10. The second-order valence-electron chi connectivity index (χ2n) is 6.49. The molecular formula is C20H28BrF6N5O4S2. The molecule has 1 N–H and O–H groups in total. The van der Waals surface area contributed by atoms with Crippen LogP contribution in [-0.2, 0) is 33.1 Å². The maximum Gasteiger partial charge on any atom is 0.480 e. The highest BCUT2D eigenvalue weighted by molar-refractivity contribution is 9.09. The smallest absolute Gasteiger partial charge is 0.421 e. The third-order valence-corrected chi connectivity index (χ3v) is 6.63. The Morgan fingerprint density at radius 1 is 0.947 bits per heavy atom. The molecule has 0 saturated carbocycles. The average molecular weight is 661 g/mol. The number of allylic oxidation sites excluding steroid dienone is 3. The molecule has 2 aromatic heterocycles. The van der Waals surface area contributed by atoms with Gasteiger partial charge in [0.2, 0.25) is 6.33 Å². The summed E-state index contributed by atoms with van der Waals surface area (Å²) in [4.78, 5) is 6.42. The third-order valence-electron chi connectivity index (χ3n) is 3.43. The topological polar surface area (TPSA) is 120 Å². The Balaban J connectivity index is 0. The third kappa shape index (κ3) is 17.1. The minimum Gasteiger partial charge on any atom is -0.421 e. The second kappa shape index (κ2) is 18.8. The van der Waals surface area contributed by atoms with E-state index in [0.717, 1.165) is 41.8 Å². The fourth-order valence-electron chi connectivity index (χ4n) is 1.69. The minimum absolute atomic E-state index is 0.778. The fourth-order valence-corrected chi connectivity index (χ4v) is 3.72. The summed E-state index contributed by atoms with van der Waals surface area (Å²) in [6.07, 6.45) is 20.3. The van der Waals surface area contributed by atoms with Crippen LogP contribution in [0.3, 0.4) is 0 Å². The van der Waals surface area contributed by atoms with Gasteiger partial charge < -0.3 is 9.11 Å². The van der Waals surface area contributed by atoms with Gasteiger partial charge in [-0.3, -0.25) is 0 Å². The van der Waals surface area contributed by atoms with Gasteiger partial charge in [0, 0.05) is 30.6 Å². The van der Waals surface area contributed by atoms with E-state index >= 15 is 0 Å². The molecule has 38 heavy (non-hydrogen) atoms. The van der Waals surface area contributed by atoms with Gasteiger partial charge in [-0.05, 0) is 6.42 Å². The van der Waals surface area contributed by atoms with Crippen molar-refractivity contribution in [1.82, 2.24) is 14.5 Å². The lowest BCUT2D eigenvalue weighted by molar-refractivity contribution is -0.695. The largest absolute Gasteiger partial charge is 0.480 e. The Bertz CT molecular complexity index is 1050. The van der Waals surface area contributed by atoms with Crippen molar-refractivity contribution >= 4 is 36.0 Å². The summed E-state index contributed by atoms with van der Waals surface area (Å²) in [5.41, 5.74) is -12.4. The normalized spacial score (nSPS) is 11.4. The highest BCUT2D eigenvalue weighted by Crippen LogP contribution is 2.36. The van der Waals surface area contributed by atoms with Crippen molar-refractivity contribution in [2.75, 3.05) is 5.33 Å². The number of nitrogens with one attached hydrogen (secondary N) is 1. The zero-order valence-electron chi connectivity index (χ0n) is 19.9. The number of halogens is 7. The summed E-state index contributed by atoms with van der Waals surface area (Å²) >= 11 is 3.24. The second-order valence-corrected chi connectivity index (χ2v) is 10.7. The van der Waals surface area contributed by atoms with E-state index in [1.807, 2.05) is 18.2 Å². The standard InChI is InChI=1S/C11H17N2.C4H7Br.C3H4N2.C2F6NO4S2/c1-3-5-7-12-9-10-13(11-12)8-6-4-2;1-2-3-4-5;1-2-5-3-4-1;3-1(4,5)14(10,11)9-15(12,13)2(6,7)8/h3-4,9-11H,1-2,5-8H2;2H,1,3-4H2;1-3H,(H,4,5);/q+1;;;-1. The molecule has 0 radical (unpaired) electrons. The molecule has 0 aliphatic carbocycles. The van der Waals surface area contributed by atoms with Gasteiger partial charge in [-0.25, -0.2) is 31.0 Å². The lowest BCUT2D eigenvalue weighted by Gasteiger charge is -2.22. The highest BCUT2D eigenvalue weighted by atomic mass is 79.9. The number of sulfonamides is 2. The zero-order valence-corrected chi connectivity index (χ0v) is 23.2. The van der Waals surface area contributed by atoms with Gasteiger partial charge in [0.25, 0.3) is 0 Å². The van der Waals surface area contributed by atoms with Crippen molar-refractivity contribution in [3.8, 4) is 0 Å². The molecule has 0 bridgehead atoms. The van der Waals surface area contributed by atoms with Crippen LogP contribution < -0.4 is 4.57 Å². The van der Waals surface area contributed by atoms with Crippen molar-refractivity contribution in [2.24, 2.45) is 0 Å². The predicted molar refractivity (Wildman–Crippen MR) is 135 cm³/mol. The van der Waals surface area contributed by atoms with Crippen molar-refractivity contribution in [3.05, 3.63) is 79.5 Å². The van der Waals surface area contributed by atoms with Gasteiger partial charge in [-0.1, -0.05) is 34.2 Å². The van der Waals surface area contributed by atoms with Crippen molar-refractivity contribution in [2.45, 2.75) is 43.4 Å². The quantitative estimate of drug-likeness (QED) is 0.160. The number of H-pyrrole nitrogens is 1. The molecule has 0 amide bonds. The van der Waals surface area contributed by atoms with Gasteiger partial charge >= 0.3 is 11.0 Å². The number of alkyl halides is 7. The Hall–Kier alpha value is -2.44. The number of imidazole rings is 2. The molecule has 9 nitrogen and oxygen atoms in total. The van der Waals surface area contributed by atoms with Crippen molar-refractivity contribution < 1.29 is 47.7 Å². The molecule has 0 aliphatic rings. The predicted octanol–water partition coefficient (Wildman–Crippen LogP) is 5.35. The molecule has 0 unspecified atom stereocenters. The van der Waals surface area contributed by atoms with E-state index in [0.29, 0.717) is 0 Å². The molecule has 218 valence electrons. The summed E-state index contributed by atoms with van der Waals surface area (Å²) in [6, 6.07) is 0. The van der Waals surface area contributed by atoms with E-state index < -0.39 is 31.1 Å². The van der Waals surface area contributed by atoms with Crippen LogP contribution in [0.25, 0.3) is 4.13 Å². The average Bonchev–Trinajstić information content (AvgIpc) is 3.51. The van der Waals surface area contributed by atoms with E-state index in [2.05, 4.69) is 73.5 Å². The SMILES string of the molecule is C=CCCBr.C=CCCn1cc[n+](CCC=C)c1.O=S(=O)([N-]S(=O)(=O)C(F)(F)F)C(F)(F)F.c1c[nH]cn1. The van der Waals surface area contributed by atoms with Gasteiger partial charge in [0.1, 0.15) is 12.4 Å². The Kier molecular flexibility index (Phi) is 18.6. The van der Waals surface area contributed by atoms with Gasteiger partial charge in [0.15, 0.2) is 20.0 Å². The van der Waals surface area contributed by atoms with E-state index in [1.54, 1.807) is 18.7 Å². The first-order valence-corrected chi connectivity index (χ1v) is 14.2. The number of aromatic nitrogens is 4. The minimum atomic E-state index is -6.72. The van der Waals surface area contributed by atoms with E-state index in [4.69, 9.17) is 0 Å². The summed E-state index contributed by atoms with van der Waals surface area (Å²) in [5, 5.41) is 1.04. The number of nitrogens with zero attached hydrogens (tertiary/aromatic N) is 4. The lowest BCUT2D eigenvalue weighted by atomic mass is 10.4. The fraction of sp³-hybridized carbons (Fsp3) is 0.400. The van der Waals surface area contributed by atoms with Crippen LogP contribution >= 0.6 is 15.9 Å². The molecule has 0 saturated heterocycles. The molecule has 0 aromatic carbocycles. The molecular weight excluding hydrogens is 632 g/mol.